The predicted octanol–water partition coefficient (Wildman–Crippen LogP) is 17.3. The number of rotatable bonds is 8. The van der Waals surface area contributed by atoms with Crippen LogP contribution < -0.4 is 4.90 Å². The molecule has 0 saturated carbocycles. The molecule has 1 radical (unpaired) electrons. The van der Waals surface area contributed by atoms with E-state index >= 15 is 0 Å². The van der Waals surface area contributed by atoms with E-state index < -0.39 is 13.7 Å². The molecule has 0 aliphatic carbocycles. The molecule has 2 aromatic heterocycles. The second-order valence-corrected chi connectivity index (χ2v) is 25.7. The van der Waals surface area contributed by atoms with Gasteiger partial charge in [-0.2, -0.15) is 60.3 Å². The third-order valence-corrected chi connectivity index (χ3v) is 14.9. The summed E-state index contributed by atoms with van der Waals surface area (Å²) in [5.74, 6) is 1.35. The van der Waals surface area contributed by atoms with Crippen LogP contribution in [0.4, 0.5) is 17.1 Å². The van der Waals surface area contributed by atoms with Crippen LogP contribution in [0.1, 0.15) is 101 Å². The van der Waals surface area contributed by atoms with Crippen molar-refractivity contribution in [3.05, 3.63) is 208 Å². The molecule has 2 atom stereocenters. The van der Waals surface area contributed by atoms with Gasteiger partial charge in [0.2, 0.25) is 0 Å². The molecule has 2 aliphatic rings. The molecule has 8 aromatic rings. The molecule has 0 saturated heterocycles. The molecule has 0 spiro atoms. The Morgan fingerprint density at radius 1 is 0.750 bits per heavy atom. The van der Waals surface area contributed by atoms with Crippen LogP contribution in [-0.4, -0.2) is 18.0 Å². The summed E-state index contributed by atoms with van der Waals surface area (Å²) in [6.07, 6.45) is 8.32. The van der Waals surface area contributed by atoms with Crippen LogP contribution in [0.3, 0.4) is 0 Å². The van der Waals surface area contributed by atoms with Gasteiger partial charge in [-0.1, -0.05) is 164 Å². The van der Waals surface area contributed by atoms with E-state index in [-0.39, 0.29) is 43.4 Å². The zero-order valence-corrected chi connectivity index (χ0v) is 44.5. The first kappa shape index (κ1) is 48.4. The number of hydrogen-bond acceptors (Lipinski definition) is 4. The Morgan fingerprint density at radius 2 is 1.46 bits per heavy atom. The monoisotopic (exact) mass is 1090 g/mol. The largest absolute Gasteiger partial charge is 0.683 e. The Labute approximate surface area is 418 Å². The van der Waals surface area contributed by atoms with E-state index in [1.807, 2.05) is 36.5 Å². The van der Waals surface area contributed by atoms with E-state index in [1.54, 1.807) is 0 Å². The maximum atomic E-state index is 6.87. The molecule has 6 nitrogen and oxygen atoms in total. The number of nitrogens with zero attached hydrogens (tertiary/aromatic N) is 5. The molecule has 4 heterocycles. The van der Waals surface area contributed by atoms with Gasteiger partial charge in [0, 0.05) is 59.6 Å². The predicted molar refractivity (Wildman–Crippen MR) is 283 cm³/mol. The fraction of sp³-hybridized carbons (Fsp3) is 0.267. The molecule has 10 rings (SSSR count). The fourth-order valence-electron chi connectivity index (χ4n) is 9.19. The first-order chi connectivity index (χ1) is 32.0. The summed E-state index contributed by atoms with van der Waals surface area (Å²) in [7, 11) is -1.22. The SMILES string of the molecule is CC(C)c1cc(-c2ccccc2)cc(C(C)C)c1N1c2ccccc2[N-]C1(C)c1[c-]ccc2c1oc1cc(-c3ccnc(C(C)(C)C)n3)ccc12.C[Si](C)(C)C1=C[N-]C(c2[c-]cccc2)C=C1.[Ir]. The van der Waals surface area contributed by atoms with E-state index in [4.69, 9.17) is 14.7 Å². The summed E-state index contributed by atoms with van der Waals surface area (Å²) in [6, 6.07) is 51.5. The van der Waals surface area contributed by atoms with E-state index in [0.29, 0.717) is 0 Å². The summed E-state index contributed by atoms with van der Waals surface area (Å²) >= 11 is 0. The van der Waals surface area contributed by atoms with Crippen LogP contribution in [0.5, 0.6) is 0 Å². The maximum absolute atomic E-state index is 6.87. The van der Waals surface area contributed by atoms with Crippen molar-refractivity contribution in [3.8, 4) is 22.4 Å². The first-order valence-electron chi connectivity index (χ1n) is 23.6. The van der Waals surface area contributed by atoms with Gasteiger partial charge >= 0.3 is 0 Å². The van der Waals surface area contributed by atoms with Crippen LogP contribution in [-0.2, 0) is 31.2 Å². The minimum Gasteiger partial charge on any atom is -0.683 e. The maximum Gasteiger partial charge on any atom is 0.134 e. The number of fused-ring (bicyclic) bond motifs is 4. The summed E-state index contributed by atoms with van der Waals surface area (Å²) in [4.78, 5) is 11.9. The second kappa shape index (κ2) is 19.1. The zero-order valence-electron chi connectivity index (χ0n) is 41.1. The molecule has 2 aliphatic heterocycles. The number of hydrogen-bond donors (Lipinski definition) is 0. The summed E-state index contributed by atoms with van der Waals surface area (Å²) in [5.41, 5.74) is 12.8. The number of anilines is 2. The van der Waals surface area contributed by atoms with Gasteiger partial charge in [0.05, 0.1) is 13.8 Å². The molecule has 0 fully saturated rings. The van der Waals surface area contributed by atoms with Crippen molar-refractivity contribution in [1.29, 1.82) is 0 Å². The average molecular weight is 1090 g/mol. The topological polar surface area (TPSA) is 70.4 Å². The molecular weight excluding hydrogens is 1030 g/mol. The van der Waals surface area contributed by atoms with Crippen molar-refractivity contribution in [1.82, 2.24) is 9.97 Å². The zero-order chi connectivity index (χ0) is 47.3. The molecule has 0 amide bonds. The molecule has 0 bridgehead atoms. The third-order valence-electron chi connectivity index (χ3n) is 12.9. The van der Waals surface area contributed by atoms with E-state index in [9.17, 15) is 0 Å². The summed E-state index contributed by atoms with van der Waals surface area (Å²) in [6.45, 7) is 24.8. The molecule has 2 unspecified atom stereocenters. The van der Waals surface area contributed by atoms with Gasteiger partial charge in [0.15, 0.2) is 0 Å². The van der Waals surface area contributed by atoms with Crippen molar-refractivity contribution in [2.75, 3.05) is 4.90 Å². The number of para-hydroxylation sites is 2. The Hall–Kier alpha value is -6.05. The average Bonchev–Trinajstić information content (AvgIpc) is 3.85. The van der Waals surface area contributed by atoms with Crippen molar-refractivity contribution in [2.45, 2.75) is 104 Å². The van der Waals surface area contributed by atoms with Crippen molar-refractivity contribution < 1.29 is 24.5 Å². The van der Waals surface area contributed by atoms with Crippen molar-refractivity contribution in [2.24, 2.45) is 0 Å². The number of allylic oxidation sites excluding steroid dienone is 2. The minimum absolute atomic E-state index is 0. The molecule has 0 N–H and O–H groups in total. The Bertz CT molecular complexity index is 3110. The summed E-state index contributed by atoms with van der Waals surface area (Å²) < 4.78 is 6.87. The number of furan rings is 1. The Morgan fingerprint density at radius 3 is 2.10 bits per heavy atom. The first-order valence-corrected chi connectivity index (χ1v) is 27.1. The van der Waals surface area contributed by atoms with Crippen LogP contribution in [0, 0.1) is 12.1 Å². The Balaban J connectivity index is 0.000000312. The normalized spacial score (nSPS) is 16.8. The van der Waals surface area contributed by atoms with Gasteiger partial charge in [0.1, 0.15) is 11.4 Å². The van der Waals surface area contributed by atoms with Crippen LogP contribution in [0.25, 0.3) is 55.0 Å². The molecule has 68 heavy (non-hydrogen) atoms. The van der Waals surface area contributed by atoms with Gasteiger partial charge < -0.3 is 20.0 Å². The third kappa shape index (κ3) is 9.39. The van der Waals surface area contributed by atoms with Gasteiger partial charge in [0.25, 0.3) is 0 Å². The Kier molecular flexibility index (Phi) is 13.6. The van der Waals surface area contributed by atoms with Crippen LogP contribution >= 0.6 is 0 Å². The quantitative estimate of drug-likeness (QED) is 0.112. The van der Waals surface area contributed by atoms with Gasteiger partial charge in [-0.15, -0.1) is 11.3 Å². The second-order valence-electron chi connectivity index (χ2n) is 20.7. The van der Waals surface area contributed by atoms with Gasteiger partial charge in [-0.25, -0.2) is 9.97 Å². The van der Waals surface area contributed by atoms with E-state index in [1.165, 1.54) is 33.1 Å². The standard InChI is InChI=1S/C46H44N4O.C14H17NSi.Ir/c1-28(2)35-25-32(30-15-10-9-11-16-30)26-36(29(3)4)42(35)50-40-20-13-12-19-39(40)49-46(50,8)37-18-14-17-34-33-22-21-31(27-41(33)51-43(34)37)38-23-24-47-44(48-38)45(5,6)7;1-16(2,3)13-9-10-14(15-11-13)12-7-5-4-6-8-12;/h9-17,19-29H,1-8H3;4-7,9-11,14H,1-3H3;/q2*-2;. The molecular formula is C60H61IrN5OSi-4. The van der Waals surface area contributed by atoms with E-state index in [0.717, 1.165) is 61.5 Å². The van der Waals surface area contributed by atoms with Gasteiger partial charge in [-0.3, -0.25) is 0 Å². The number of benzene rings is 6. The van der Waals surface area contributed by atoms with Crippen LogP contribution in [0.15, 0.2) is 162 Å². The van der Waals surface area contributed by atoms with Gasteiger partial charge in [-0.05, 0) is 70.1 Å². The fourth-order valence-corrected chi connectivity index (χ4v) is 10.2. The van der Waals surface area contributed by atoms with Crippen molar-refractivity contribution >= 4 is 47.1 Å². The number of aromatic nitrogens is 2. The van der Waals surface area contributed by atoms with Crippen LogP contribution in [0.2, 0.25) is 19.6 Å². The molecule has 8 heteroatoms. The summed E-state index contributed by atoms with van der Waals surface area (Å²) in [5, 5.41) is 13.6. The smallest absolute Gasteiger partial charge is 0.134 e. The minimum atomic E-state index is -1.22. The molecule has 349 valence electrons. The van der Waals surface area contributed by atoms with E-state index in [2.05, 4.69) is 218 Å². The molecule has 6 aromatic carbocycles. The van der Waals surface area contributed by atoms with Crippen molar-refractivity contribution in [3.63, 3.8) is 0 Å².